The van der Waals surface area contributed by atoms with Gasteiger partial charge >= 0.3 is 0 Å². The molecule has 2 amide bonds. The zero-order valence-electron chi connectivity index (χ0n) is 23.8. The van der Waals surface area contributed by atoms with E-state index in [1.165, 1.54) is 37.3 Å². The molecule has 41 heavy (non-hydrogen) atoms. The van der Waals surface area contributed by atoms with Crippen LogP contribution in [-0.2, 0) is 26.2 Å². The Balaban J connectivity index is 2.03. The number of rotatable bonds is 13. The molecule has 0 heterocycles. The van der Waals surface area contributed by atoms with E-state index in [1.807, 2.05) is 13.8 Å². The highest BCUT2D eigenvalue weighted by Crippen LogP contribution is 2.32. The van der Waals surface area contributed by atoms with Crippen LogP contribution < -0.4 is 19.1 Å². The molecule has 0 aliphatic rings. The average molecular weight is 602 g/mol. The Kier molecular flexibility index (Phi) is 11.0. The molecule has 0 spiro atoms. The summed E-state index contributed by atoms with van der Waals surface area (Å²) < 4.78 is 39.6. The second kappa shape index (κ2) is 14.2. The lowest BCUT2D eigenvalue weighted by atomic mass is 10.1. The van der Waals surface area contributed by atoms with Crippen molar-refractivity contribution in [2.24, 2.45) is 0 Å². The normalized spacial score (nSPS) is 12.6. The minimum absolute atomic E-state index is 0.0735. The van der Waals surface area contributed by atoms with E-state index in [1.54, 1.807) is 61.5 Å². The third-order valence-corrected chi connectivity index (χ3v) is 8.72. The van der Waals surface area contributed by atoms with Crippen LogP contribution in [0.4, 0.5) is 5.69 Å². The van der Waals surface area contributed by atoms with Crippen molar-refractivity contribution in [3.63, 3.8) is 0 Å². The fraction of sp³-hybridized carbons (Fsp3) is 0.333. The van der Waals surface area contributed by atoms with E-state index >= 15 is 0 Å². The number of hydrogen-bond donors (Lipinski definition) is 1. The molecular formula is C30H36ClN3O6S. The molecule has 3 rings (SSSR count). The van der Waals surface area contributed by atoms with Crippen molar-refractivity contribution in [3.8, 4) is 11.5 Å². The Hall–Kier alpha value is -3.76. The Morgan fingerprint density at radius 1 is 0.927 bits per heavy atom. The van der Waals surface area contributed by atoms with E-state index in [0.717, 1.165) is 16.3 Å². The van der Waals surface area contributed by atoms with Crippen LogP contribution in [0.25, 0.3) is 0 Å². The van der Waals surface area contributed by atoms with Gasteiger partial charge in [-0.15, -0.1) is 0 Å². The maximum absolute atomic E-state index is 14.0. The molecule has 0 aliphatic heterocycles. The van der Waals surface area contributed by atoms with E-state index in [4.69, 9.17) is 21.1 Å². The lowest BCUT2D eigenvalue weighted by Crippen LogP contribution is -2.52. The quantitative estimate of drug-likeness (QED) is 0.299. The van der Waals surface area contributed by atoms with E-state index < -0.39 is 28.5 Å². The lowest BCUT2D eigenvalue weighted by Gasteiger charge is -2.32. The topological polar surface area (TPSA) is 105 Å². The number of carbonyl (C=O) groups is 2. The lowest BCUT2D eigenvalue weighted by molar-refractivity contribution is -0.139. The highest BCUT2D eigenvalue weighted by molar-refractivity contribution is 7.92. The number of halogens is 1. The van der Waals surface area contributed by atoms with Crippen molar-refractivity contribution in [2.45, 2.75) is 50.7 Å². The number of sulfonamides is 1. The molecule has 2 atom stereocenters. The van der Waals surface area contributed by atoms with Gasteiger partial charge in [-0.2, -0.15) is 0 Å². The molecule has 11 heteroatoms. The van der Waals surface area contributed by atoms with Crippen LogP contribution in [-0.4, -0.2) is 58.0 Å². The number of hydrogen-bond acceptors (Lipinski definition) is 6. The Bertz CT molecular complexity index is 1430. The zero-order chi connectivity index (χ0) is 30.2. The Morgan fingerprint density at radius 2 is 1.56 bits per heavy atom. The van der Waals surface area contributed by atoms with Gasteiger partial charge in [0.15, 0.2) is 11.5 Å². The van der Waals surface area contributed by atoms with Crippen molar-refractivity contribution >= 4 is 39.1 Å². The summed E-state index contributed by atoms with van der Waals surface area (Å²) in [7, 11) is -1.39. The van der Waals surface area contributed by atoms with Gasteiger partial charge in [0.25, 0.3) is 10.0 Å². The average Bonchev–Trinajstić information content (AvgIpc) is 2.98. The number of amides is 2. The van der Waals surface area contributed by atoms with Crippen LogP contribution in [0.5, 0.6) is 11.5 Å². The summed E-state index contributed by atoms with van der Waals surface area (Å²) >= 11 is 6.05. The van der Waals surface area contributed by atoms with Crippen LogP contribution in [0.3, 0.4) is 0 Å². The molecule has 0 saturated carbocycles. The second-order valence-electron chi connectivity index (χ2n) is 9.51. The maximum atomic E-state index is 14.0. The fourth-order valence-corrected chi connectivity index (χ4v) is 5.62. The van der Waals surface area contributed by atoms with Crippen molar-refractivity contribution < 1.29 is 27.5 Å². The summed E-state index contributed by atoms with van der Waals surface area (Å²) in [4.78, 5) is 28.4. The van der Waals surface area contributed by atoms with Crippen LogP contribution >= 0.6 is 11.6 Å². The molecule has 0 saturated heterocycles. The molecule has 0 unspecified atom stereocenters. The molecule has 3 aromatic carbocycles. The number of nitrogens with zero attached hydrogens (tertiary/aromatic N) is 2. The van der Waals surface area contributed by atoms with Gasteiger partial charge < -0.3 is 19.7 Å². The molecular weight excluding hydrogens is 566 g/mol. The standard InChI is InChI=1S/C30H36ClN3O6S/c1-6-21(2)32-30(36)22(3)33(19-23-12-14-24(31)15-13-23)29(35)20-34(25-10-8-7-9-11-25)41(37,38)26-16-17-27(39-4)28(18-26)40-5/h7-18,21-22H,6,19-20H2,1-5H3,(H,32,36)/t21-,22-/m1/s1. The second-order valence-corrected chi connectivity index (χ2v) is 11.8. The molecule has 3 aromatic rings. The first-order chi connectivity index (χ1) is 19.5. The number of methoxy groups -OCH3 is 2. The Morgan fingerprint density at radius 3 is 2.15 bits per heavy atom. The predicted molar refractivity (Wildman–Crippen MR) is 160 cm³/mol. The molecule has 1 N–H and O–H groups in total. The third-order valence-electron chi connectivity index (χ3n) is 6.70. The molecule has 0 radical (unpaired) electrons. The highest BCUT2D eigenvalue weighted by Gasteiger charge is 2.33. The summed E-state index contributed by atoms with van der Waals surface area (Å²) in [6.07, 6.45) is 0.717. The van der Waals surface area contributed by atoms with Gasteiger partial charge in [-0.05, 0) is 62.2 Å². The van der Waals surface area contributed by atoms with E-state index in [9.17, 15) is 18.0 Å². The van der Waals surface area contributed by atoms with Crippen molar-refractivity contribution in [1.29, 1.82) is 0 Å². The molecule has 9 nitrogen and oxygen atoms in total. The summed E-state index contributed by atoms with van der Waals surface area (Å²) in [6, 6.07) is 18.5. The number of nitrogens with one attached hydrogen (secondary N) is 1. The Labute approximate surface area is 247 Å². The number of para-hydroxylation sites is 1. The van der Waals surface area contributed by atoms with Crippen LogP contribution in [0, 0.1) is 0 Å². The molecule has 220 valence electrons. The highest BCUT2D eigenvalue weighted by atomic mass is 35.5. The zero-order valence-corrected chi connectivity index (χ0v) is 25.4. The summed E-state index contributed by atoms with van der Waals surface area (Å²) in [5, 5.41) is 3.45. The van der Waals surface area contributed by atoms with Gasteiger partial charge in [-0.1, -0.05) is 48.9 Å². The smallest absolute Gasteiger partial charge is 0.264 e. The van der Waals surface area contributed by atoms with Crippen LogP contribution in [0.1, 0.15) is 32.8 Å². The number of carbonyl (C=O) groups excluding carboxylic acids is 2. The van der Waals surface area contributed by atoms with E-state index in [0.29, 0.717) is 16.5 Å². The van der Waals surface area contributed by atoms with Gasteiger partial charge in [0.05, 0.1) is 24.8 Å². The molecule has 0 bridgehead atoms. The van der Waals surface area contributed by atoms with Gasteiger partial charge in [0.2, 0.25) is 11.8 Å². The largest absolute Gasteiger partial charge is 0.493 e. The van der Waals surface area contributed by atoms with E-state index in [-0.39, 0.29) is 29.1 Å². The summed E-state index contributed by atoms with van der Waals surface area (Å²) in [5.41, 5.74) is 1.03. The number of anilines is 1. The number of ether oxygens (including phenoxy) is 2. The van der Waals surface area contributed by atoms with Crippen molar-refractivity contribution in [3.05, 3.63) is 83.4 Å². The number of benzene rings is 3. The SMILES string of the molecule is CC[C@@H](C)NC(=O)[C@@H](C)N(Cc1ccc(Cl)cc1)C(=O)CN(c1ccccc1)S(=O)(=O)c1ccc(OC)c(OC)c1. The van der Waals surface area contributed by atoms with Crippen molar-refractivity contribution in [1.82, 2.24) is 10.2 Å². The minimum atomic E-state index is -4.26. The fourth-order valence-electron chi connectivity index (χ4n) is 4.06. The monoisotopic (exact) mass is 601 g/mol. The summed E-state index contributed by atoms with van der Waals surface area (Å²) in [6.45, 7) is 4.98. The first-order valence-corrected chi connectivity index (χ1v) is 15.0. The maximum Gasteiger partial charge on any atom is 0.264 e. The predicted octanol–water partition coefficient (Wildman–Crippen LogP) is 4.88. The van der Waals surface area contributed by atoms with Gasteiger partial charge in [-0.25, -0.2) is 8.42 Å². The van der Waals surface area contributed by atoms with Crippen molar-refractivity contribution in [2.75, 3.05) is 25.1 Å². The first-order valence-electron chi connectivity index (χ1n) is 13.2. The van der Waals surface area contributed by atoms with Gasteiger partial charge in [0.1, 0.15) is 12.6 Å². The van der Waals surface area contributed by atoms with Crippen LogP contribution in [0.15, 0.2) is 77.7 Å². The third kappa shape index (κ3) is 7.92. The molecule has 0 aliphatic carbocycles. The van der Waals surface area contributed by atoms with Crippen LogP contribution in [0.2, 0.25) is 5.02 Å². The minimum Gasteiger partial charge on any atom is -0.493 e. The van der Waals surface area contributed by atoms with Gasteiger partial charge in [-0.3, -0.25) is 13.9 Å². The molecule has 0 fully saturated rings. The molecule has 0 aromatic heterocycles. The van der Waals surface area contributed by atoms with E-state index in [2.05, 4.69) is 5.32 Å². The van der Waals surface area contributed by atoms with Gasteiger partial charge in [0, 0.05) is 23.7 Å². The first kappa shape index (κ1) is 31.8. The summed E-state index contributed by atoms with van der Waals surface area (Å²) in [5.74, 6) is -0.299.